The van der Waals surface area contributed by atoms with Gasteiger partial charge in [-0.25, -0.2) is 4.98 Å². The number of hydrogen-bond acceptors (Lipinski definition) is 7. The third-order valence-electron chi connectivity index (χ3n) is 7.56. The van der Waals surface area contributed by atoms with Crippen LogP contribution in [0.3, 0.4) is 0 Å². The SMILES string of the molecule is CCN1CC(=O)N[C@H]2CN(C(=O)c3ccc(N(C)C)nc3)CC[C@@H]2OCc2cccc(c2)Oc2cccc(c2)CC1=O. The summed E-state index contributed by atoms with van der Waals surface area (Å²) in [7, 11) is 3.78. The number of ether oxygens (including phenoxy) is 2. The Morgan fingerprint density at radius 2 is 1.79 bits per heavy atom. The minimum atomic E-state index is -0.455. The molecule has 10 nitrogen and oxygen atoms in total. The largest absolute Gasteiger partial charge is 0.457 e. The smallest absolute Gasteiger partial charge is 0.255 e. The number of carbonyl (C=O) groups is 3. The normalized spacial score (nSPS) is 19.7. The third kappa shape index (κ3) is 7.06. The number of piperidine rings is 1. The van der Waals surface area contributed by atoms with E-state index in [0.29, 0.717) is 43.2 Å². The molecule has 0 aliphatic carbocycles. The second-order valence-corrected chi connectivity index (χ2v) is 10.8. The highest BCUT2D eigenvalue weighted by Crippen LogP contribution is 2.25. The van der Waals surface area contributed by atoms with Crippen molar-refractivity contribution in [1.29, 1.82) is 0 Å². The number of benzene rings is 2. The van der Waals surface area contributed by atoms with E-state index in [4.69, 9.17) is 9.47 Å². The van der Waals surface area contributed by atoms with Crippen LogP contribution in [0.25, 0.3) is 0 Å². The molecule has 2 aliphatic heterocycles. The Kier molecular flexibility index (Phi) is 9.02. The molecule has 0 spiro atoms. The monoisotopic (exact) mass is 571 g/mol. The van der Waals surface area contributed by atoms with Crippen LogP contribution in [0.2, 0.25) is 0 Å². The first-order valence-electron chi connectivity index (χ1n) is 14.3. The van der Waals surface area contributed by atoms with Crippen molar-refractivity contribution in [3.05, 3.63) is 83.6 Å². The number of anilines is 1. The Balaban J connectivity index is 1.38. The molecule has 220 valence electrons. The van der Waals surface area contributed by atoms with Crippen molar-refractivity contribution in [2.75, 3.05) is 45.2 Å². The molecule has 1 N–H and O–H groups in total. The molecule has 3 amide bonds. The number of likely N-dealkylation sites (tertiary alicyclic amines) is 1. The predicted octanol–water partition coefficient (Wildman–Crippen LogP) is 3.26. The van der Waals surface area contributed by atoms with Crippen LogP contribution < -0.4 is 15.0 Å². The summed E-state index contributed by atoms with van der Waals surface area (Å²) in [5, 5.41) is 3.07. The van der Waals surface area contributed by atoms with Crippen molar-refractivity contribution >= 4 is 23.5 Å². The molecule has 1 aromatic heterocycles. The van der Waals surface area contributed by atoms with Crippen LogP contribution in [0.4, 0.5) is 5.82 Å². The maximum atomic E-state index is 13.4. The molecule has 1 fully saturated rings. The van der Waals surface area contributed by atoms with Crippen LogP contribution in [0.5, 0.6) is 11.5 Å². The van der Waals surface area contributed by atoms with Crippen LogP contribution in [0, 0.1) is 0 Å². The average Bonchev–Trinajstić information content (AvgIpc) is 2.99. The summed E-state index contributed by atoms with van der Waals surface area (Å²) in [4.78, 5) is 49.3. The van der Waals surface area contributed by atoms with E-state index in [1.54, 1.807) is 17.2 Å². The molecule has 2 atom stereocenters. The van der Waals surface area contributed by atoms with E-state index >= 15 is 0 Å². The Morgan fingerprint density at radius 3 is 2.48 bits per heavy atom. The second-order valence-electron chi connectivity index (χ2n) is 10.8. The van der Waals surface area contributed by atoms with Gasteiger partial charge in [0.15, 0.2) is 0 Å². The number of likely N-dealkylation sites (N-methyl/N-ethyl adjacent to an activating group) is 1. The standard InChI is InChI=1S/C32H37N5O5/c1-4-36-20-30(38)34-27-19-37(32(40)24-11-12-29(33-18-24)35(2)3)14-13-28(27)41-21-23-8-6-10-26(16-23)42-25-9-5-7-22(15-25)17-31(36)39/h5-12,15-16,18,27-28H,4,13-14,17,19-21H2,1-3H3,(H,34,38)/t27-,28-/m0/s1. The number of amides is 3. The zero-order valence-corrected chi connectivity index (χ0v) is 24.3. The summed E-state index contributed by atoms with van der Waals surface area (Å²) < 4.78 is 12.4. The molecule has 1 saturated heterocycles. The van der Waals surface area contributed by atoms with E-state index in [-0.39, 0.29) is 43.3 Å². The summed E-state index contributed by atoms with van der Waals surface area (Å²) >= 11 is 0. The zero-order chi connectivity index (χ0) is 29.6. The van der Waals surface area contributed by atoms with Crippen LogP contribution in [0.15, 0.2) is 66.9 Å². The second kappa shape index (κ2) is 13.0. The van der Waals surface area contributed by atoms with Gasteiger partial charge in [-0.05, 0) is 60.9 Å². The number of nitrogens with one attached hydrogen (secondary N) is 1. The lowest BCUT2D eigenvalue weighted by atomic mass is 10.0. The fourth-order valence-electron chi connectivity index (χ4n) is 5.26. The minimum Gasteiger partial charge on any atom is -0.457 e. The average molecular weight is 572 g/mol. The molecule has 0 unspecified atom stereocenters. The van der Waals surface area contributed by atoms with E-state index in [1.165, 1.54) is 4.90 Å². The number of carbonyl (C=O) groups excluding carboxylic acids is 3. The molecule has 5 rings (SSSR count). The van der Waals surface area contributed by atoms with E-state index in [9.17, 15) is 14.4 Å². The Labute approximate surface area is 246 Å². The van der Waals surface area contributed by atoms with Gasteiger partial charge in [0, 0.05) is 39.9 Å². The highest BCUT2D eigenvalue weighted by Gasteiger charge is 2.34. The highest BCUT2D eigenvalue weighted by atomic mass is 16.5. The predicted molar refractivity (Wildman–Crippen MR) is 159 cm³/mol. The fraction of sp³-hybridized carbons (Fsp3) is 0.375. The van der Waals surface area contributed by atoms with Gasteiger partial charge < -0.3 is 29.5 Å². The number of hydrogen-bond donors (Lipinski definition) is 1. The van der Waals surface area contributed by atoms with Gasteiger partial charge in [0.25, 0.3) is 5.91 Å². The minimum absolute atomic E-state index is 0.0839. The van der Waals surface area contributed by atoms with Gasteiger partial charge in [-0.15, -0.1) is 0 Å². The van der Waals surface area contributed by atoms with Crippen LogP contribution in [0.1, 0.15) is 34.8 Å². The Morgan fingerprint density at radius 1 is 1.05 bits per heavy atom. The summed E-state index contributed by atoms with van der Waals surface area (Å²) in [5.41, 5.74) is 2.21. The van der Waals surface area contributed by atoms with Gasteiger partial charge in [-0.2, -0.15) is 0 Å². The van der Waals surface area contributed by atoms with Gasteiger partial charge in [-0.3, -0.25) is 14.4 Å². The fourth-order valence-corrected chi connectivity index (χ4v) is 5.26. The Hall–Kier alpha value is -4.44. The summed E-state index contributed by atoms with van der Waals surface area (Å²) in [5.74, 6) is 1.46. The number of rotatable bonds is 3. The molecule has 0 radical (unpaired) electrons. The number of nitrogens with zero attached hydrogens (tertiary/aromatic N) is 4. The molecule has 3 aromatic rings. The lowest BCUT2D eigenvalue weighted by Gasteiger charge is -2.39. The summed E-state index contributed by atoms with van der Waals surface area (Å²) in [6.07, 6.45) is 1.94. The van der Waals surface area contributed by atoms with Crippen LogP contribution in [-0.4, -0.2) is 84.9 Å². The van der Waals surface area contributed by atoms with Gasteiger partial charge in [0.1, 0.15) is 17.3 Å². The summed E-state index contributed by atoms with van der Waals surface area (Å²) in [6.45, 7) is 3.22. The zero-order valence-electron chi connectivity index (χ0n) is 24.3. The van der Waals surface area contributed by atoms with Gasteiger partial charge in [0.2, 0.25) is 11.8 Å². The first-order chi connectivity index (χ1) is 20.3. The quantitative estimate of drug-likeness (QED) is 0.515. The molecule has 2 aromatic carbocycles. The first-order valence-corrected chi connectivity index (χ1v) is 14.3. The van der Waals surface area contributed by atoms with Gasteiger partial charge >= 0.3 is 0 Å². The maximum Gasteiger partial charge on any atom is 0.255 e. The van der Waals surface area contributed by atoms with Crippen molar-refractivity contribution in [2.45, 2.75) is 38.5 Å². The van der Waals surface area contributed by atoms with Crippen molar-refractivity contribution in [1.82, 2.24) is 20.1 Å². The van der Waals surface area contributed by atoms with Gasteiger partial charge in [0.05, 0.1) is 37.3 Å². The highest BCUT2D eigenvalue weighted by molar-refractivity contribution is 5.94. The van der Waals surface area contributed by atoms with Crippen LogP contribution in [-0.2, 0) is 27.4 Å². The lowest BCUT2D eigenvalue weighted by molar-refractivity contribution is -0.136. The molecular formula is C32H37N5O5. The molecule has 4 bridgehead atoms. The molecule has 42 heavy (non-hydrogen) atoms. The third-order valence-corrected chi connectivity index (χ3v) is 7.56. The first kappa shape index (κ1) is 29.1. The molecule has 2 aliphatic rings. The van der Waals surface area contributed by atoms with Crippen molar-refractivity contribution in [2.24, 2.45) is 0 Å². The number of fused-ring (bicyclic) bond motifs is 5. The van der Waals surface area contributed by atoms with Crippen molar-refractivity contribution < 1.29 is 23.9 Å². The topological polar surface area (TPSA) is 104 Å². The molecule has 10 heteroatoms. The maximum absolute atomic E-state index is 13.4. The molecule has 3 heterocycles. The Bertz CT molecular complexity index is 1430. The van der Waals surface area contributed by atoms with Crippen molar-refractivity contribution in [3.8, 4) is 11.5 Å². The van der Waals surface area contributed by atoms with E-state index in [2.05, 4.69) is 10.3 Å². The number of aromatic nitrogens is 1. The number of pyridine rings is 1. The van der Waals surface area contributed by atoms with E-state index in [0.717, 1.165) is 16.9 Å². The van der Waals surface area contributed by atoms with Crippen molar-refractivity contribution in [3.63, 3.8) is 0 Å². The van der Waals surface area contributed by atoms with E-state index in [1.807, 2.05) is 80.5 Å². The van der Waals surface area contributed by atoms with Gasteiger partial charge in [-0.1, -0.05) is 24.3 Å². The molecule has 0 saturated carbocycles. The summed E-state index contributed by atoms with van der Waals surface area (Å²) in [6, 6.07) is 18.2. The van der Waals surface area contributed by atoms with Crippen LogP contribution >= 0.6 is 0 Å². The molecular weight excluding hydrogens is 534 g/mol. The lowest BCUT2D eigenvalue weighted by Crippen LogP contribution is -2.58. The van der Waals surface area contributed by atoms with E-state index < -0.39 is 6.04 Å².